The van der Waals surface area contributed by atoms with E-state index in [4.69, 9.17) is 18.9 Å². The molecular formula is C58H88N2O18. The van der Waals surface area contributed by atoms with Crippen molar-refractivity contribution >= 4 is 17.8 Å². The molecule has 2 bridgehead atoms. The van der Waals surface area contributed by atoms with Gasteiger partial charge in [-0.05, 0) is 78.5 Å². The van der Waals surface area contributed by atoms with Crippen molar-refractivity contribution in [2.24, 2.45) is 17.8 Å². The van der Waals surface area contributed by atoms with Gasteiger partial charge < -0.3 is 80.4 Å². The van der Waals surface area contributed by atoms with Crippen LogP contribution in [-0.4, -0.2) is 197 Å². The first-order valence-corrected chi connectivity index (χ1v) is 27.2. The van der Waals surface area contributed by atoms with Gasteiger partial charge in [-0.15, -0.1) is 0 Å². The molecule has 1 aromatic carbocycles. The van der Waals surface area contributed by atoms with Crippen LogP contribution in [0.2, 0.25) is 0 Å². The van der Waals surface area contributed by atoms with Crippen LogP contribution in [0.25, 0.3) is 0 Å². The summed E-state index contributed by atoms with van der Waals surface area (Å²) in [5.41, 5.74) is 0.883. The van der Waals surface area contributed by atoms with Crippen LogP contribution in [0.5, 0.6) is 0 Å². The molecule has 438 valence electrons. The van der Waals surface area contributed by atoms with Crippen molar-refractivity contribution in [3.8, 4) is 0 Å². The van der Waals surface area contributed by atoms with Crippen LogP contribution < -0.4 is 5.32 Å². The molecule has 1 amide bonds. The fourth-order valence-electron chi connectivity index (χ4n) is 9.86. The summed E-state index contributed by atoms with van der Waals surface area (Å²) in [4.78, 5) is 41.0. The Labute approximate surface area is 458 Å². The molecule has 4 rings (SSSR count). The summed E-state index contributed by atoms with van der Waals surface area (Å²) in [6.45, 7) is 6.77. The highest BCUT2D eigenvalue weighted by molar-refractivity contribution is 5.82. The SMILES string of the molecule is C[C@@H]1[C@H](O)[C@@H](C)/C=C/C=C/CC/C=C/C=C/C=C/C=C/[C@H](O[C@@H]2O[C@H](C)[C@@H](O)[C@H](NC(=O)[C@H](Cc3ccccc3)N(C)C)[C@@H]2O)C[C@@H]2O[C@](O)(C[C@@H](O)[C@H](O)CC[C@@H](O)C[C@@H](O)C[C@@H](O)CC(=O)O[C@H]1C)C[C@H](O)[C@H]2C(=O)O. The van der Waals surface area contributed by atoms with Crippen LogP contribution >= 0.6 is 0 Å². The third-order valence-corrected chi connectivity index (χ3v) is 14.7. The number of carbonyl (C=O) groups excluding carboxylic acids is 2. The maximum absolute atomic E-state index is 13.8. The molecule has 0 aliphatic carbocycles. The van der Waals surface area contributed by atoms with Gasteiger partial charge in [0, 0.05) is 31.1 Å². The second kappa shape index (κ2) is 32.7. The monoisotopic (exact) mass is 1100 g/mol. The Morgan fingerprint density at radius 3 is 1.97 bits per heavy atom. The van der Waals surface area contributed by atoms with Gasteiger partial charge in [0.25, 0.3) is 0 Å². The van der Waals surface area contributed by atoms with E-state index in [1.165, 1.54) is 13.0 Å². The molecule has 0 radical (unpaired) electrons. The largest absolute Gasteiger partial charge is 0.481 e. The topological polar surface area (TPSA) is 326 Å². The summed E-state index contributed by atoms with van der Waals surface area (Å²) in [5.74, 6) is -7.50. The van der Waals surface area contributed by atoms with Gasteiger partial charge in [-0.2, -0.15) is 0 Å². The molecule has 78 heavy (non-hydrogen) atoms. The minimum absolute atomic E-state index is 0.161. The number of hydrogen-bond acceptors (Lipinski definition) is 18. The lowest BCUT2D eigenvalue weighted by Crippen LogP contribution is -2.65. The molecule has 12 N–H and O–H groups in total. The van der Waals surface area contributed by atoms with E-state index in [1.54, 1.807) is 57.1 Å². The molecule has 20 nitrogen and oxygen atoms in total. The van der Waals surface area contributed by atoms with Crippen LogP contribution in [-0.2, 0) is 39.8 Å². The van der Waals surface area contributed by atoms with E-state index in [0.29, 0.717) is 6.42 Å². The van der Waals surface area contributed by atoms with E-state index >= 15 is 0 Å². The van der Waals surface area contributed by atoms with Crippen LogP contribution in [0, 0.1) is 17.8 Å². The molecule has 0 saturated carbocycles. The number of aliphatic hydroxyl groups excluding tert-OH is 9. The Morgan fingerprint density at radius 2 is 1.32 bits per heavy atom. The number of amides is 1. The molecule has 1 aromatic rings. The number of nitrogens with zero attached hydrogens (tertiary/aromatic N) is 1. The van der Waals surface area contributed by atoms with E-state index in [-0.39, 0.29) is 31.6 Å². The maximum atomic E-state index is 13.8. The lowest BCUT2D eigenvalue weighted by molar-refractivity contribution is -0.310. The van der Waals surface area contributed by atoms with Crippen LogP contribution in [0.3, 0.4) is 0 Å². The summed E-state index contributed by atoms with van der Waals surface area (Å²) in [5, 5.41) is 124. The minimum Gasteiger partial charge on any atom is -0.481 e. The fourth-order valence-corrected chi connectivity index (χ4v) is 9.86. The third-order valence-electron chi connectivity index (χ3n) is 14.7. The van der Waals surface area contributed by atoms with E-state index in [2.05, 4.69) is 5.32 Å². The predicted molar refractivity (Wildman–Crippen MR) is 289 cm³/mol. The number of carbonyl (C=O) groups is 3. The number of ether oxygens (including phenoxy) is 4. The van der Waals surface area contributed by atoms with Crippen molar-refractivity contribution in [2.75, 3.05) is 14.1 Å². The lowest BCUT2D eigenvalue weighted by atomic mass is 9.82. The molecule has 0 spiro atoms. The standard InChI is InChI=1S/C58H88N2O18/c1-35-22-18-15-13-11-9-7-8-10-12-14-16-21-25-43(77-57-54(70)51(53(69)38(4)76-57)59-55(71)44(60(5)6)28-39-23-19-17-20-24-39)32-48-50(56(72)73)47(66)34-58(74,78-48)33-46(65)45(64)27-26-40(61)29-41(62)30-42(63)31-49(67)75-37(3)36(2)52(35)68/h7-8,10,12-25,35-38,40-48,50-54,57,61-66,68-70,74H,9,11,26-34H2,1-6H3,(H,59,71)(H,72,73)/b8-7+,12-10+,15-13+,16-14+,22-18+,25-21+/t35-,36-,37-,38+,40+,41+,42+,43-,44-,45+,46+,47-,48-,50+,51-,52+,53+,54-,57-,58+/m0/s1. The molecule has 20 heteroatoms. The number of benzene rings is 1. The van der Waals surface area contributed by atoms with Gasteiger partial charge in [0.2, 0.25) is 5.91 Å². The Bertz CT molecular complexity index is 2150. The average Bonchev–Trinajstić information content (AvgIpc) is 3.40. The number of cyclic esters (lactones) is 1. The quantitative estimate of drug-likeness (QED) is 0.166. The van der Waals surface area contributed by atoms with Gasteiger partial charge in [-0.1, -0.05) is 117 Å². The summed E-state index contributed by atoms with van der Waals surface area (Å²) in [6.07, 6.45) is 1.17. The Kier molecular flexibility index (Phi) is 27.7. The number of hydrogen-bond donors (Lipinski definition) is 12. The summed E-state index contributed by atoms with van der Waals surface area (Å²) in [7, 11) is 3.46. The number of likely N-dealkylation sites (N-methyl/N-ethyl adjacent to an activating group) is 1. The highest BCUT2D eigenvalue weighted by Gasteiger charge is 2.51. The zero-order valence-electron chi connectivity index (χ0n) is 45.8. The first-order valence-electron chi connectivity index (χ1n) is 27.2. The van der Waals surface area contributed by atoms with E-state index < -0.39 is 159 Å². The van der Waals surface area contributed by atoms with Gasteiger partial charge in [-0.3, -0.25) is 19.3 Å². The number of esters is 1. The van der Waals surface area contributed by atoms with Crippen molar-refractivity contribution in [3.63, 3.8) is 0 Å². The number of fused-ring (bicyclic) bond motifs is 2. The lowest BCUT2D eigenvalue weighted by Gasteiger charge is -2.45. The van der Waals surface area contributed by atoms with E-state index in [9.17, 15) is 70.6 Å². The van der Waals surface area contributed by atoms with Gasteiger partial charge in [-0.25, -0.2) is 0 Å². The predicted octanol–water partition coefficient (Wildman–Crippen LogP) is 2.27. The first-order chi connectivity index (χ1) is 36.9. The van der Waals surface area contributed by atoms with Gasteiger partial charge in [0.1, 0.15) is 24.2 Å². The number of carboxylic acids is 1. The van der Waals surface area contributed by atoms with Gasteiger partial charge in [0.15, 0.2) is 12.1 Å². The molecule has 0 aromatic heterocycles. The van der Waals surface area contributed by atoms with Gasteiger partial charge >= 0.3 is 11.9 Å². The zero-order valence-corrected chi connectivity index (χ0v) is 45.8. The zero-order chi connectivity index (χ0) is 57.7. The van der Waals surface area contributed by atoms with Crippen molar-refractivity contribution in [3.05, 3.63) is 109 Å². The molecule has 3 heterocycles. The van der Waals surface area contributed by atoms with E-state index in [1.807, 2.05) is 79.8 Å². The Balaban J connectivity index is 1.59. The third kappa shape index (κ3) is 21.5. The van der Waals surface area contributed by atoms with Crippen molar-refractivity contribution in [1.29, 1.82) is 0 Å². The number of aliphatic hydroxyl groups is 10. The summed E-state index contributed by atoms with van der Waals surface area (Å²) in [6, 6.07) is 7.32. The number of aliphatic carboxylic acids is 1. The summed E-state index contributed by atoms with van der Waals surface area (Å²) >= 11 is 0. The number of rotatable bonds is 8. The Hall–Kier alpha value is -4.49. The average molecular weight is 1100 g/mol. The van der Waals surface area contributed by atoms with Crippen LogP contribution in [0.1, 0.15) is 97.5 Å². The van der Waals surface area contributed by atoms with Crippen LogP contribution in [0.4, 0.5) is 0 Å². The fraction of sp³-hybridized carbons (Fsp3) is 0.638. The van der Waals surface area contributed by atoms with Crippen molar-refractivity contribution in [1.82, 2.24) is 10.2 Å². The first kappa shape index (κ1) is 66.0. The molecule has 3 aliphatic rings. The second-order valence-electron chi connectivity index (χ2n) is 21.5. The summed E-state index contributed by atoms with van der Waals surface area (Å²) < 4.78 is 23.8. The maximum Gasteiger partial charge on any atom is 0.311 e. The van der Waals surface area contributed by atoms with Crippen LogP contribution in [0.15, 0.2) is 103 Å². The molecule has 2 saturated heterocycles. The second-order valence-corrected chi connectivity index (χ2v) is 21.5. The Morgan fingerprint density at radius 1 is 0.718 bits per heavy atom. The number of carboxylic acid groups (broad SMARTS) is 1. The van der Waals surface area contributed by atoms with Crippen molar-refractivity contribution in [2.45, 2.75) is 202 Å². The molecule has 0 unspecified atom stereocenters. The van der Waals surface area contributed by atoms with E-state index in [0.717, 1.165) is 18.4 Å². The highest BCUT2D eigenvalue weighted by Crippen LogP contribution is 2.38. The van der Waals surface area contributed by atoms with Crippen molar-refractivity contribution < 1.29 is 89.5 Å². The number of allylic oxidation sites excluding steroid dienone is 10. The van der Waals surface area contributed by atoms with Gasteiger partial charge in [0.05, 0.1) is 79.5 Å². The smallest absolute Gasteiger partial charge is 0.311 e. The minimum atomic E-state index is -2.41. The molecule has 3 aliphatic heterocycles. The highest BCUT2D eigenvalue weighted by atomic mass is 16.7. The molecule has 20 atom stereocenters. The molecule has 2 fully saturated rings. The number of nitrogens with one attached hydrogen (secondary N) is 1. The normalized spacial score (nSPS) is 40.0. The molecular weight excluding hydrogens is 1010 g/mol.